The number of aryl methyl sites for hydroxylation is 1. The fourth-order valence-electron chi connectivity index (χ4n) is 8.33. The molecule has 0 bridgehead atoms. The summed E-state index contributed by atoms with van der Waals surface area (Å²) in [5, 5.41) is 104. The maximum absolute atomic E-state index is 12.0. The van der Waals surface area contributed by atoms with Gasteiger partial charge in [-0.15, -0.1) is 0 Å². The van der Waals surface area contributed by atoms with Crippen LogP contribution in [0.15, 0.2) is 6.07 Å². The van der Waals surface area contributed by atoms with E-state index >= 15 is 0 Å². The molecular formula is C32H50O14. The van der Waals surface area contributed by atoms with E-state index in [1.54, 1.807) is 6.92 Å². The molecule has 262 valence electrons. The fourth-order valence-corrected chi connectivity index (χ4v) is 8.33. The summed E-state index contributed by atoms with van der Waals surface area (Å²) < 4.78 is 23.6. The Morgan fingerprint density at radius 1 is 0.826 bits per heavy atom. The molecule has 0 spiro atoms. The molecule has 14 atom stereocenters. The Hall–Kier alpha value is -1.66. The van der Waals surface area contributed by atoms with Gasteiger partial charge in [0, 0.05) is 29.1 Å². The normalized spacial score (nSPS) is 43.0. The molecule has 10 N–H and O–H groups in total. The SMILES string of the molecule is CC(CO)c1cc2c(c(O)c1OC1OC(CO)C(O)C(O)C1O)C1(C)CCC(OC3OC(CO)C(O)C(O)C3O)C(C)(C)C1CC2. The maximum Gasteiger partial charge on any atom is 0.229 e. The smallest absolute Gasteiger partial charge is 0.229 e. The van der Waals surface area contributed by atoms with Gasteiger partial charge < -0.3 is 70.0 Å². The molecule has 14 heteroatoms. The van der Waals surface area contributed by atoms with E-state index in [1.807, 2.05) is 26.8 Å². The summed E-state index contributed by atoms with van der Waals surface area (Å²) in [4.78, 5) is 0. The summed E-state index contributed by atoms with van der Waals surface area (Å²) in [6.45, 7) is 6.36. The quantitative estimate of drug-likeness (QED) is 0.153. The van der Waals surface area contributed by atoms with E-state index in [-0.39, 0.29) is 24.0 Å². The zero-order chi connectivity index (χ0) is 33.9. The topological polar surface area (TPSA) is 239 Å². The molecule has 2 saturated heterocycles. The van der Waals surface area contributed by atoms with Crippen molar-refractivity contribution in [3.63, 3.8) is 0 Å². The first-order valence-corrected chi connectivity index (χ1v) is 16.0. The Kier molecular flexibility index (Phi) is 10.3. The largest absolute Gasteiger partial charge is 0.504 e. The van der Waals surface area contributed by atoms with Crippen LogP contribution in [0.1, 0.15) is 69.6 Å². The lowest BCUT2D eigenvalue weighted by Crippen LogP contribution is -2.62. The summed E-state index contributed by atoms with van der Waals surface area (Å²) in [7, 11) is 0. The van der Waals surface area contributed by atoms with Crippen molar-refractivity contribution in [1.29, 1.82) is 0 Å². The van der Waals surface area contributed by atoms with Gasteiger partial charge in [-0.3, -0.25) is 0 Å². The molecule has 0 aromatic heterocycles. The van der Waals surface area contributed by atoms with Gasteiger partial charge in [0.2, 0.25) is 6.29 Å². The van der Waals surface area contributed by atoms with Crippen LogP contribution in [-0.4, -0.2) is 138 Å². The van der Waals surface area contributed by atoms with E-state index in [4.69, 9.17) is 18.9 Å². The molecule has 3 fully saturated rings. The molecule has 1 aromatic rings. The van der Waals surface area contributed by atoms with Gasteiger partial charge in [0.05, 0.1) is 19.3 Å². The zero-order valence-corrected chi connectivity index (χ0v) is 26.6. The maximum atomic E-state index is 12.0. The highest BCUT2D eigenvalue weighted by Gasteiger charge is 2.57. The molecule has 4 aliphatic rings. The van der Waals surface area contributed by atoms with Crippen molar-refractivity contribution in [1.82, 2.24) is 0 Å². The number of aromatic hydroxyl groups is 1. The van der Waals surface area contributed by atoms with Crippen LogP contribution in [0.3, 0.4) is 0 Å². The van der Waals surface area contributed by atoms with Crippen LogP contribution in [0, 0.1) is 11.3 Å². The van der Waals surface area contributed by atoms with Gasteiger partial charge in [-0.2, -0.15) is 0 Å². The molecule has 2 heterocycles. The lowest BCUT2D eigenvalue weighted by atomic mass is 9.49. The minimum Gasteiger partial charge on any atom is -0.504 e. The Morgan fingerprint density at radius 2 is 1.39 bits per heavy atom. The van der Waals surface area contributed by atoms with Gasteiger partial charge in [-0.05, 0) is 42.6 Å². The molecule has 1 saturated carbocycles. The second-order valence-corrected chi connectivity index (χ2v) is 14.3. The van der Waals surface area contributed by atoms with E-state index in [0.717, 1.165) is 5.56 Å². The van der Waals surface area contributed by atoms with Gasteiger partial charge >= 0.3 is 0 Å². The number of rotatable bonds is 8. The van der Waals surface area contributed by atoms with Crippen LogP contribution in [0.4, 0.5) is 0 Å². The first kappa shape index (κ1) is 35.6. The van der Waals surface area contributed by atoms with Crippen LogP contribution in [0.25, 0.3) is 0 Å². The molecule has 46 heavy (non-hydrogen) atoms. The van der Waals surface area contributed by atoms with Gasteiger partial charge in [0.1, 0.15) is 48.8 Å². The Morgan fingerprint density at radius 3 is 1.96 bits per heavy atom. The van der Waals surface area contributed by atoms with Crippen LogP contribution >= 0.6 is 0 Å². The van der Waals surface area contributed by atoms with Crippen molar-refractivity contribution in [3.8, 4) is 11.5 Å². The van der Waals surface area contributed by atoms with Crippen LogP contribution in [-0.2, 0) is 26.0 Å². The van der Waals surface area contributed by atoms with Gasteiger partial charge in [0.15, 0.2) is 17.8 Å². The standard InChI is InChI=1S/C32H50O14/c1-13(10-33)15-9-14-5-6-18-31(2,3)19(45-29-26(41)24(39)21(36)16(11-34)43-29)7-8-32(18,4)20(14)23(38)28(15)46-30-27(42)25(40)22(37)17(12-35)44-30/h9,13,16-19,21-22,24-27,29-30,33-42H,5-8,10-12H2,1-4H3. The van der Waals surface area contributed by atoms with E-state index in [9.17, 15) is 51.1 Å². The van der Waals surface area contributed by atoms with Crippen molar-refractivity contribution < 1.29 is 70.0 Å². The number of aliphatic hydroxyl groups excluding tert-OH is 9. The average molecular weight is 659 g/mol. The summed E-state index contributed by atoms with van der Waals surface area (Å²) in [6.07, 6.45) is -12.9. The molecule has 14 unspecified atom stereocenters. The number of aliphatic hydroxyl groups is 9. The van der Waals surface area contributed by atoms with Crippen LogP contribution in [0.2, 0.25) is 0 Å². The number of phenolic OH excluding ortho intramolecular Hbond substituents is 1. The average Bonchev–Trinajstić information content (AvgIpc) is 3.02. The summed E-state index contributed by atoms with van der Waals surface area (Å²) in [6, 6.07) is 1.88. The van der Waals surface area contributed by atoms with Gasteiger partial charge in [0.25, 0.3) is 0 Å². The molecule has 0 radical (unpaired) electrons. The van der Waals surface area contributed by atoms with Crippen molar-refractivity contribution in [2.24, 2.45) is 11.3 Å². The van der Waals surface area contributed by atoms with E-state index in [0.29, 0.717) is 36.8 Å². The van der Waals surface area contributed by atoms with Gasteiger partial charge in [-0.25, -0.2) is 0 Å². The highest BCUT2D eigenvalue weighted by molar-refractivity contribution is 5.60. The number of benzene rings is 1. The number of fused-ring (bicyclic) bond motifs is 3. The summed E-state index contributed by atoms with van der Waals surface area (Å²) in [5.74, 6) is -0.797. The molecule has 5 rings (SSSR count). The number of hydrogen-bond acceptors (Lipinski definition) is 14. The molecule has 1 aromatic carbocycles. The monoisotopic (exact) mass is 658 g/mol. The summed E-state index contributed by atoms with van der Waals surface area (Å²) in [5.41, 5.74) is 0.793. The zero-order valence-electron chi connectivity index (χ0n) is 26.6. The number of ether oxygens (including phenoxy) is 4. The third kappa shape index (κ3) is 5.84. The van der Waals surface area contributed by atoms with E-state index < -0.39 is 97.5 Å². The van der Waals surface area contributed by atoms with E-state index in [2.05, 4.69) is 0 Å². The lowest BCUT2D eigenvalue weighted by Gasteiger charge is -2.58. The second kappa shape index (κ2) is 13.3. The van der Waals surface area contributed by atoms with Crippen molar-refractivity contribution in [2.75, 3.05) is 19.8 Å². The third-order valence-corrected chi connectivity index (χ3v) is 11.1. The molecular weight excluding hydrogens is 608 g/mol. The second-order valence-electron chi connectivity index (χ2n) is 14.3. The van der Waals surface area contributed by atoms with Gasteiger partial charge in [-0.1, -0.05) is 33.8 Å². The predicted octanol–water partition coefficient (Wildman–Crippen LogP) is -1.51. The highest BCUT2D eigenvalue weighted by atomic mass is 16.7. The third-order valence-electron chi connectivity index (χ3n) is 11.1. The lowest BCUT2D eigenvalue weighted by molar-refractivity contribution is -0.325. The molecule has 2 aliphatic carbocycles. The van der Waals surface area contributed by atoms with Crippen molar-refractivity contribution >= 4 is 0 Å². The fraction of sp³-hybridized carbons (Fsp3) is 0.812. The Labute approximate surface area is 267 Å². The number of hydrogen-bond donors (Lipinski definition) is 10. The Bertz CT molecular complexity index is 1220. The minimum atomic E-state index is -1.71. The minimum absolute atomic E-state index is 0.0380. The Balaban J connectivity index is 1.48. The van der Waals surface area contributed by atoms with Crippen molar-refractivity contribution in [3.05, 3.63) is 22.8 Å². The highest BCUT2D eigenvalue weighted by Crippen LogP contribution is 2.61. The number of phenols is 1. The molecule has 2 aliphatic heterocycles. The molecule has 14 nitrogen and oxygen atoms in total. The van der Waals surface area contributed by atoms with Crippen LogP contribution in [0.5, 0.6) is 11.5 Å². The first-order chi connectivity index (χ1) is 21.6. The summed E-state index contributed by atoms with van der Waals surface area (Å²) >= 11 is 0. The molecule has 0 amide bonds. The first-order valence-electron chi connectivity index (χ1n) is 16.0. The van der Waals surface area contributed by atoms with E-state index in [1.165, 1.54) is 0 Å². The van der Waals surface area contributed by atoms with Crippen LogP contribution < -0.4 is 4.74 Å². The van der Waals surface area contributed by atoms with Crippen molar-refractivity contribution in [2.45, 2.75) is 132 Å². The predicted molar refractivity (Wildman–Crippen MR) is 159 cm³/mol.